The largest absolute Gasteiger partial charge is 0.497 e. The molecule has 7 heteroatoms. The van der Waals surface area contributed by atoms with E-state index in [0.717, 1.165) is 41.7 Å². The molecule has 0 saturated carbocycles. The summed E-state index contributed by atoms with van der Waals surface area (Å²) in [5.74, 6) is 2.45. The molecule has 0 saturated heterocycles. The fourth-order valence-corrected chi connectivity index (χ4v) is 2.60. The highest BCUT2D eigenvalue weighted by atomic mass is 127. The molecule has 0 bridgehead atoms. The summed E-state index contributed by atoms with van der Waals surface area (Å²) in [6, 6.07) is 11.8. The van der Waals surface area contributed by atoms with Crippen LogP contribution < -0.4 is 14.8 Å². The molecule has 1 aromatic heterocycles. The Hall–Kier alpha value is -2.03. The van der Waals surface area contributed by atoms with Crippen LogP contribution in [0.4, 0.5) is 0 Å². The highest BCUT2D eigenvalue weighted by Gasteiger charge is 2.11. The zero-order valence-corrected chi connectivity index (χ0v) is 18.8. The van der Waals surface area contributed by atoms with Gasteiger partial charge in [0.25, 0.3) is 0 Å². The molecule has 0 aliphatic heterocycles. The van der Waals surface area contributed by atoms with E-state index in [0.29, 0.717) is 13.1 Å². The minimum atomic E-state index is 0. The van der Waals surface area contributed by atoms with E-state index in [2.05, 4.69) is 22.1 Å². The second-order valence-corrected chi connectivity index (χ2v) is 5.84. The van der Waals surface area contributed by atoms with Crippen molar-refractivity contribution in [1.82, 2.24) is 15.2 Å². The number of aliphatic imine (C=N–C) groups is 1. The van der Waals surface area contributed by atoms with Gasteiger partial charge in [-0.15, -0.1) is 24.0 Å². The minimum absolute atomic E-state index is 0. The van der Waals surface area contributed by atoms with Crippen molar-refractivity contribution < 1.29 is 9.47 Å². The molecular formula is C20H29IN4O2. The molecule has 1 heterocycles. The first-order valence-electron chi connectivity index (χ1n) is 8.78. The fraction of sp³-hybridized carbons (Fsp3) is 0.400. The molecular weight excluding hydrogens is 455 g/mol. The molecule has 0 fully saturated rings. The lowest BCUT2D eigenvalue weighted by Crippen LogP contribution is -2.38. The van der Waals surface area contributed by atoms with E-state index in [9.17, 15) is 0 Å². The van der Waals surface area contributed by atoms with Gasteiger partial charge in [-0.2, -0.15) is 0 Å². The fourth-order valence-electron chi connectivity index (χ4n) is 2.60. The molecule has 2 aromatic rings. The third-order valence-corrected chi connectivity index (χ3v) is 3.95. The Morgan fingerprint density at radius 2 is 2.00 bits per heavy atom. The van der Waals surface area contributed by atoms with Gasteiger partial charge in [0, 0.05) is 56.6 Å². The zero-order valence-electron chi connectivity index (χ0n) is 16.4. The highest BCUT2D eigenvalue weighted by molar-refractivity contribution is 14.0. The van der Waals surface area contributed by atoms with Gasteiger partial charge in [-0.3, -0.25) is 9.98 Å². The molecule has 0 aliphatic rings. The third-order valence-electron chi connectivity index (χ3n) is 3.95. The molecule has 27 heavy (non-hydrogen) atoms. The number of pyridine rings is 1. The average Bonchev–Trinajstić information content (AvgIpc) is 2.68. The van der Waals surface area contributed by atoms with Crippen molar-refractivity contribution in [2.75, 3.05) is 34.4 Å². The number of hydrogen-bond acceptors (Lipinski definition) is 4. The van der Waals surface area contributed by atoms with E-state index >= 15 is 0 Å². The van der Waals surface area contributed by atoms with Gasteiger partial charge in [-0.1, -0.05) is 6.07 Å². The van der Waals surface area contributed by atoms with Gasteiger partial charge >= 0.3 is 0 Å². The summed E-state index contributed by atoms with van der Waals surface area (Å²) in [5.41, 5.74) is 2.12. The van der Waals surface area contributed by atoms with Crippen LogP contribution in [0.1, 0.15) is 18.2 Å². The number of guanidine groups is 1. The van der Waals surface area contributed by atoms with Gasteiger partial charge in [-0.05, 0) is 31.2 Å². The van der Waals surface area contributed by atoms with Crippen LogP contribution in [-0.2, 0) is 13.0 Å². The smallest absolute Gasteiger partial charge is 0.193 e. The molecule has 0 radical (unpaired) electrons. The quantitative estimate of drug-likeness (QED) is 0.354. The lowest BCUT2D eigenvalue weighted by Gasteiger charge is -2.23. The van der Waals surface area contributed by atoms with E-state index in [1.165, 1.54) is 0 Å². The Kier molecular flexibility index (Phi) is 10.5. The van der Waals surface area contributed by atoms with Crippen molar-refractivity contribution in [3.05, 3.63) is 53.9 Å². The van der Waals surface area contributed by atoms with Gasteiger partial charge in [0.2, 0.25) is 0 Å². The van der Waals surface area contributed by atoms with Crippen LogP contribution in [0.3, 0.4) is 0 Å². The van der Waals surface area contributed by atoms with Crippen molar-refractivity contribution in [2.45, 2.75) is 19.9 Å². The van der Waals surface area contributed by atoms with Crippen LogP contribution in [0.2, 0.25) is 0 Å². The molecule has 0 amide bonds. The molecule has 0 unspecified atom stereocenters. The Balaban J connectivity index is 0.00000364. The number of hydrogen-bond donors (Lipinski definition) is 1. The maximum absolute atomic E-state index is 5.49. The first-order chi connectivity index (χ1) is 12.7. The third kappa shape index (κ3) is 7.24. The van der Waals surface area contributed by atoms with Crippen molar-refractivity contribution in [3.8, 4) is 11.5 Å². The molecule has 0 aliphatic carbocycles. The van der Waals surface area contributed by atoms with Crippen LogP contribution >= 0.6 is 24.0 Å². The number of benzene rings is 1. The number of nitrogens with zero attached hydrogens (tertiary/aromatic N) is 3. The van der Waals surface area contributed by atoms with Gasteiger partial charge in [0.05, 0.1) is 14.2 Å². The first-order valence-corrected chi connectivity index (χ1v) is 8.78. The summed E-state index contributed by atoms with van der Waals surface area (Å²) in [6.45, 7) is 4.24. The average molecular weight is 484 g/mol. The Morgan fingerprint density at radius 1 is 1.19 bits per heavy atom. The number of aromatic nitrogens is 1. The van der Waals surface area contributed by atoms with Gasteiger partial charge in [0.1, 0.15) is 11.5 Å². The molecule has 0 atom stereocenters. The summed E-state index contributed by atoms with van der Waals surface area (Å²) in [4.78, 5) is 11.2. The summed E-state index contributed by atoms with van der Waals surface area (Å²) in [5, 5.41) is 3.34. The van der Waals surface area contributed by atoms with Crippen molar-refractivity contribution in [2.24, 2.45) is 4.99 Å². The number of halogens is 1. The Morgan fingerprint density at radius 3 is 2.63 bits per heavy atom. The maximum Gasteiger partial charge on any atom is 0.193 e. The lowest BCUT2D eigenvalue weighted by molar-refractivity contribution is 0.382. The van der Waals surface area contributed by atoms with Gasteiger partial charge in [0.15, 0.2) is 5.96 Å². The van der Waals surface area contributed by atoms with Crippen molar-refractivity contribution in [3.63, 3.8) is 0 Å². The first kappa shape index (κ1) is 23.0. The van der Waals surface area contributed by atoms with Crippen LogP contribution in [0.15, 0.2) is 47.6 Å². The standard InChI is InChI=1S/C20H28N4O2.HI/c1-5-21-20(23-13-11-17-8-6-7-12-22-17)24(2)15-16-9-10-18(25-3)14-19(16)26-4;/h6-10,12,14H,5,11,13,15H2,1-4H3,(H,21,23);1H. The second-order valence-electron chi connectivity index (χ2n) is 5.84. The summed E-state index contributed by atoms with van der Waals surface area (Å²) in [7, 11) is 5.34. The summed E-state index contributed by atoms with van der Waals surface area (Å²) < 4.78 is 10.8. The second kappa shape index (κ2) is 12.4. The normalized spacial score (nSPS) is 10.7. The van der Waals surface area contributed by atoms with Crippen LogP contribution in [0, 0.1) is 0 Å². The minimum Gasteiger partial charge on any atom is -0.497 e. The molecule has 2 rings (SSSR count). The van der Waals surface area contributed by atoms with E-state index < -0.39 is 0 Å². The number of methoxy groups -OCH3 is 2. The molecule has 0 spiro atoms. The maximum atomic E-state index is 5.49. The number of nitrogens with one attached hydrogen (secondary N) is 1. The zero-order chi connectivity index (χ0) is 18.8. The highest BCUT2D eigenvalue weighted by Crippen LogP contribution is 2.25. The van der Waals surface area contributed by atoms with Crippen molar-refractivity contribution >= 4 is 29.9 Å². The molecule has 1 aromatic carbocycles. The van der Waals surface area contributed by atoms with E-state index in [-0.39, 0.29) is 24.0 Å². The van der Waals surface area contributed by atoms with E-state index in [1.807, 2.05) is 49.6 Å². The molecule has 1 N–H and O–H groups in total. The van der Waals surface area contributed by atoms with Gasteiger partial charge in [-0.25, -0.2) is 0 Å². The summed E-state index contributed by atoms with van der Waals surface area (Å²) in [6.07, 6.45) is 2.63. The Labute approximate surface area is 179 Å². The predicted octanol–water partition coefficient (Wildman–Crippen LogP) is 3.36. The predicted molar refractivity (Wildman–Crippen MR) is 120 cm³/mol. The van der Waals surface area contributed by atoms with Crippen LogP contribution in [-0.4, -0.2) is 50.2 Å². The lowest BCUT2D eigenvalue weighted by atomic mass is 10.2. The summed E-state index contributed by atoms with van der Waals surface area (Å²) >= 11 is 0. The van der Waals surface area contributed by atoms with Crippen molar-refractivity contribution in [1.29, 1.82) is 0 Å². The number of ether oxygens (including phenoxy) is 2. The molecule has 148 valence electrons. The van der Waals surface area contributed by atoms with E-state index in [4.69, 9.17) is 14.5 Å². The topological polar surface area (TPSA) is 59.0 Å². The van der Waals surface area contributed by atoms with Gasteiger partial charge < -0.3 is 19.7 Å². The number of rotatable bonds is 8. The van der Waals surface area contributed by atoms with Crippen LogP contribution in [0.25, 0.3) is 0 Å². The van der Waals surface area contributed by atoms with Crippen LogP contribution in [0.5, 0.6) is 11.5 Å². The SMILES string of the molecule is CCNC(=NCCc1ccccn1)N(C)Cc1ccc(OC)cc1OC.I. The monoisotopic (exact) mass is 484 g/mol. The van der Waals surface area contributed by atoms with E-state index in [1.54, 1.807) is 14.2 Å². The molecule has 6 nitrogen and oxygen atoms in total. The Bertz CT molecular complexity index is 710.